The number of imide groups is 1. The zero-order valence-electron chi connectivity index (χ0n) is 21.7. The Morgan fingerprint density at radius 2 is 1.84 bits per heavy atom. The third-order valence-electron chi connectivity index (χ3n) is 5.79. The summed E-state index contributed by atoms with van der Waals surface area (Å²) >= 11 is 0. The molecule has 0 saturated carbocycles. The molecule has 0 aliphatic carbocycles. The molecule has 10 nitrogen and oxygen atoms in total. The summed E-state index contributed by atoms with van der Waals surface area (Å²) in [5.41, 5.74) is 7.44. The van der Waals surface area contributed by atoms with E-state index in [2.05, 4.69) is 24.1 Å². The van der Waals surface area contributed by atoms with E-state index in [-0.39, 0.29) is 42.9 Å². The lowest BCUT2D eigenvalue weighted by Gasteiger charge is -2.30. The number of carbonyl (C=O) groups excluding carboxylic acids is 5. The predicted octanol–water partition coefficient (Wildman–Crippen LogP) is 2.11. The predicted molar refractivity (Wildman–Crippen MR) is 142 cm³/mol. The van der Waals surface area contributed by atoms with Crippen molar-refractivity contribution in [1.82, 2.24) is 15.5 Å². The molecule has 1 unspecified atom stereocenters. The zero-order valence-corrected chi connectivity index (χ0v) is 21.7. The molecule has 0 radical (unpaired) electrons. The monoisotopic (exact) mass is 522 g/mol. The van der Waals surface area contributed by atoms with Gasteiger partial charge >= 0.3 is 0 Å². The molecule has 10 heteroatoms. The highest BCUT2D eigenvalue weighted by Crippen LogP contribution is 2.25. The SMILES string of the molecule is C=CCC.CN(C(=O)c1c(C=O)cccc1OCC(=O)NCc1ccc(CN)cc1)C1CCC(=O)NC1=O. The van der Waals surface area contributed by atoms with Crippen LogP contribution in [0.25, 0.3) is 0 Å². The van der Waals surface area contributed by atoms with Gasteiger partial charge in [-0.2, -0.15) is 0 Å². The fourth-order valence-electron chi connectivity index (χ4n) is 3.55. The fourth-order valence-corrected chi connectivity index (χ4v) is 3.55. The van der Waals surface area contributed by atoms with Crippen LogP contribution < -0.4 is 21.1 Å². The van der Waals surface area contributed by atoms with Gasteiger partial charge in [-0.15, -0.1) is 6.58 Å². The Kier molecular flexibility index (Phi) is 11.9. The first-order valence-corrected chi connectivity index (χ1v) is 12.2. The average Bonchev–Trinajstić information content (AvgIpc) is 2.94. The van der Waals surface area contributed by atoms with Gasteiger partial charge in [-0.1, -0.05) is 49.4 Å². The number of ether oxygens (including phenoxy) is 1. The number of amides is 4. The number of hydrogen-bond acceptors (Lipinski definition) is 7. The second kappa shape index (κ2) is 15.1. The van der Waals surface area contributed by atoms with Gasteiger partial charge in [0.25, 0.3) is 11.8 Å². The molecule has 1 heterocycles. The van der Waals surface area contributed by atoms with E-state index in [0.717, 1.165) is 17.5 Å². The molecule has 38 heavy (non-hydrogen) atoms. The summed E-state index contributed by atoms with van der Waals surface area (Å²) in [4.78, 5) is 61.8. The number of nitrogens with two attached hydrogens (primary N) is 1. The number of aldehydes is 1. The first kappa shape index (κ1) is 29.9. The third kappa shape index (κ3) is 8.38. The van der Waals surface area contributed by atoms with Gasteiger partial charge in [0.05, 0.1) is 5.56 Å². The number of allylic oxidation sites excluding steroid dienone is 1. The molecule has 0 aromatic heterocycles. The van der Waals surface area contributed by atoms with Crippen LogP contribution in [-0.4, -0.2) is 54.5 Å². The van der Waals surface area contributed by atoms with Crippen molar-refractivity contribution < 1.29 is 28.7 Å². The van der Waals surface area contributed by atoms with E-state index in [1.165, 1.54) is 30.1 Å². The van der Waals surface area contributed by atoms with E-state index in [0.29, 0.717) is 12.8 Å². The van der Waals surface area contributed by atoms with E-state index in [4.69, 9.17) is 10.5 Å². The second-order valence-corrected chi connectivity index (χ2v) is 8.50. The van der Waals surface area contributed by atoms with Crippen LogP contribution in [0.1, 0.15) is 58.0 Å². The molecule has 0 spiro atoms. The number of benzene rings is 2. The normalized spacial score (nSPS) is 14.3. The van der Waals surface area contributed by atoms with Gasteiger partial charge < -0.3 is 20.7 Å². The maximum absolute atomic E-state index is 13.2. The Morgan fingerprint density at radius 3 is 2.42 bits per heavy atom. The Hall–Kier alpha value is -4.31. The second-order valence-electron chi connectivity index (χ2n) is 8.50. The molecule has 2 aromatic carbocycles. The number of piperidine rings is 1. The number of nitrogens with zero attached hydrogens (tertiary/aromatic N) is 1. The quantitative estimate of drug-likeness (QED) is 0.246. The highest BCUT2D eigenvalue weighted by atomic mass is 16.5. The Morgan fingerprint density at radius 1 is 1.18 bits per heavy atom. The molecule has 1 aliphatic heterocycles. The van der Waals surface area contributed by atoms with E-state index in [9.17, 15) is 24.0 Å². The standard InChI is InChI=1S/C24H26N4O6.C4H8/c1-28(18-9-10-20(30)27-23(18)32)24(33)22-17(13-29)3-2-4-19(22)34-14-21(31)26-12-16-7-5-15(11-25)6-8-16;1-3-4-2/h2-8,13,18H,9-12,14,25H2,1H3,(H,26,31)(H,27,30,32);3H,1,4H2,2H3. The number of hydrogen-bond donors (Lipinski definition) is 3. The minimum Gasteiger partial charge on any atom is -0.483 e. The summed E-state index contributed by atoms with van der Waals surface area (Å²) in [6.45, 7) is 5.87. The number of carbonyl (C=O) groups is 5. The van der Waals surface area contributed by atoms with Crippen LogP contribution in [0.2, 0.25) is 0 Å². The van der Waals surface area contributed by atoms with E-state index in [1.54, 1.807) is 0 Å². The summed E-state index contributed by atoms with van der Waals surface area (Å²) in [7, 11) is 1.41. The molecule has 1 aliphatic rings. The highest BCUT2D eigenvalue weighted by Gasteiger charge is 2.34. The van der Waals surface area contributed by atoms with Crippen LogP contribution in [0.4, 0.5) is 0 Å². The lowest BCUT2D eigenvalue weighted by molar-refractivity contribution is -0.136. The lowest BCUT2D eigenvalue weighted by Crippen LogP contribution is -2.53. The molecule has 1 atom stereocenters. The number of rotatable bonds is 10. The van der Waals surface area contributed by atoms with Gasteiger partial charge in [-0.25, -0.2) is 0 Å². The topological polar surface area (TPSA) is 148 Å². The van der Waals surface area contributed by atoms with Gasteiger partial charge in [0, 0.05) is 32.1 Å². The van der Waals surface area contributed by atoms with Crippen molar-refractivity contribution >= 4 is 29.9 Å². The maximum atomic E-state index is 13.2. The lowest BCUT2D eigenvalue weighted by atomic mass is 10.0. The van der Waals surface area contributed by atoms with Crippen LogP contribution in [0.3, 0.4) is 0 Å². The first-order chi connectivity index (χ1) is 18.2. The van der Waals surface area contributed by atoms with Crippen molar-refractivity contribution in [3.63, 3.8) is 0 Å². The van der Waals surface area contributed by atoms with Gasteiger partial charge in [0.1, 0.15) is 11.8 Å². The summed E-state index contributed by atoms with van der Waals surface area (Å²) < 4.78 is 5.58. The highest BCUT2D eigenvalue weighted by molar-refractivity contribution is 6.07. The van der Waals surface area contributed by atoms with Crippen molar-refractivity contribution in [1.29, 1.82) is 0 Å². The van der Waals surface area contributed by atoms with Crippen molar-refractivity contribution in [2.75, 3.05) is 13.7 Å². The van der Waals surface area contributed by atoms with E-state index >= 15 is 0 Å². The van der Waals surface area contributed by atoms with Gasteiger partial charge in [-0.05, 0) is 30.0 Å². The molecular formula is C28H34N4O6. The largest absolute Gasteiger partial charge is 0.483 e. The van der Waals surface area contributed by atoms with Crippen molar-refractivity contribution in [2.24, 2.45) is 5.73 Å². The summed E-state index contributed by atoms with van der Waals surface area (Å²) in [6.07, 6.45) is 3.73. The fraction of sp³-hybridized carbons (Fsp3) is 0.321. The van der Waals surface area contributed by atoms with Crippen molar-refractivity contribution in [3.8, 4) is 5.75 Å². The molecule has 0 bridgehead atoms. The smallest absolute Gasteiger partial charge is 0.258 e. The summed E-state index contributed by atoms with van der Waals surface area (Å²) in [5.74, 6) is -2.00. The van der Waals surface area contributed by atoms with Crippen LogP contribution in [0, 0.1) is 0 Å². The zero-order chi connectivity index (χ0) is 28.1. The van der Waals surface area contributed by atoms with Crippen LogP contribution in [-0.2, 0) is 27.5 Å². The number of nitrogens with one attached hydrogen (secondary N) is 2. The van der Waals surface area contributed by atoms with Crippen molar-refractivity contribution in [3.05, 3.63) is 77.4 Å². The Balaban J connectivity index is 0.00000118. The molecule has 3 rings (SSSR count). The molecule has 1 saturated heterocycles. The minimum absolute atomic E-state index is 0.0381. The van der Waals surface area contributed by atoms with Crippen LogP contribution >= 0.6 is 0 Å². The molecule has 2 aromatic rings. The molecule has 4 amide bonds. The molecule has 1 fully saturated rings. The van der Waals surface area contributed by atoms with Gasteiger partial charge in [0.15, 0.2) is 12.9 Å². The minimum atomic E-state index is -0.869. The molecular weight excluding hydrogens is 488 g/mol. The summed E-state index contributed by atoms with van der Waals surface area (Å²) in [5, 5.41) is 4.93. The molecule has 4 N–H and O–H groups in total. The third-order valence-corrected chi connectivity index (χ3v) is 5.79. The average molecular weight is 523 g/mol. The maximum Gasteiger partial charge on any atom is 0.258 e. The van der Waals surface area contributed by atoms with Gasteiger partial charge in [0.2, 0.25) is 11.8 Å². The summed E-state index contributed by atoms with van der Waals surface area (Å²) in [6, 6.07) is 11.0. The molecule has 202 valence electrons. The Bertz CT molecular complexity index is 1160. The van der Waals surface area contributed by atoms with E-state index in [1.807, 2.05) is 30.3 Å². The Labute approximate surface area is 222 Å². The van der Waals surface area contributed by atoms with Gasteiger partial charge in [-0.3, -0.25) is 29.3 Å². The van der Waals surface area contributed by atoms with Crippen LogP contribution in [0.15, 0.2) is 55.1 Å². The van der Waals surface area contributed by atoms with E-state index < -0.39 is 29.7 Å². The first-order valence-electron chi connectivity index (χ1n) is 12.2. The van der Waals surface area contributed by atoms with Crippen LogP contribution in [0.5, 0.6) is 5.75 Å². The van der Waals surface area contributed by atoms with Crippen molar-refractivity contribution in [2.45, 2.75) is 45.3 Å². The number of likely N-dealkylation sites (N-methyl/N-ethyl adjacent to an activating group) is 1.